The molecule has 6 heteroatoms. The Kier molecular flexibility index (Phi) is 56.3. The van der Waals surface area contributed by atoms with Crippen LogP contribution in [0.5, 0.6) is 0 Å². The predicted molar refractivity (Wildman–Crippen MR) is 307 cm³/mol. The lowest BCUT2D eigenvalue weighted by molar-refractivity contribution is -0.166. The van der Waals surface area contributed by atoms with Crippen molar-refractivity contribution in [2.24, 2.45) is 0 Å². The molecule has 71 heavy (non-hydrogen) atoms. The molecule has 0 aliphatic carbocycles. The van der Waals surface area contributed by atoms with Crippen molar-refractivity contribution in [3.8, 4) is 0 Å². The Morgan fingerprint density at radius 3 is 0.873 bits per heavy atom. The van der Waals surface area contributed by atoms with Gasteiger partial charge in [0.05, 0.1) is 0 Å². The van der Waals surface area contributed by atoms with Gasteiger partial charge in [-0.3, -0.25) is 14.4 Å². The predicted octanol–water partition coefficient (Wildman–Crippen LogP) is 20.3. The second-order valence-electron chi connectivity index (χ2n) is 19.9. The first-order chi connectivity index (χ1) is 35.0. The zero-order chi connectivity index (χ0) is 51.4. The zero-order valence-electron chi connectivity index (χ0n) is 46.7. The number of carbonyl (C=O) groups excluding carboxylic acids is 3. The third-order valence-electron chi connectivity index (χ3n) is 12.9. The summed E-state index contributed by atoms with van der Waals surface area (Å²) in [6.45, 7) is 6.55. The summed E-state index contributed by atoms with van der Waals surface area (Å²) in [7, 11) is 0. The molecule has 0 aromatic heterocycles. The molecule has 0 bridgehead atoms. The summed E-state index contributed by atoms with van der Waals surface area (Å²) in [5.74, 6) is -0.988. The average molecular weight is 990 g/mol. The normalized spacial score (nSPS) is 12.7. The van der Waals surface area contributed by atoms with Gasteiger partial charge in [-0.25, -0.2) is 0 Å². The van der Waals surface area contributed by atoms with E-state index in [9.17, 15) is 14.4 Å². The standard InChI is InChI=1S/C65H112O6/c1-4-7-10-13-16-19-22-25-28-31-32-35-38-41-44-47-50-53-56-59-65(68)71-62(60-69-63(66)57-54-51-48-45-42-39-36-33-29-26-23-20-17-14-11-8-5-2)61-70-64(67)58-55-52-49-46-43-40-37-34-30-27-24-21-18-15-12-9-6-3/h16-17,19-20,25-26,28-29,32,35,41,44,50,53,62H,4-15,18,21-24,27,30-31,33-34,36-40,42-43,45-49,51-52,54-61H2,1-3H3/b19-16-,20-17-,28-25-,29-26-,35-32-,44-41-,53-50-/t62-/m1/s1. The molecule has 0 unspecified atom stereocenters. The van der Waals surface area contributed by atoms with Gasteiger partial charge in [0.2, 0.25) is 0 Å². The molecule has 0 saturated heterocycles. The van der Waals surface area contributed by atoms with E-state index < -0.39 is 6.10 Å². The highest BCUT2D eigenvalue weighted by Gasteiger charge is 2.19. The average Bonchev–Trinajstić information content (AvgIpc) is 3.37. The van der Waals surface area contributed by atoms with E-state index in [1.165, 1.54) is 167 Å². The van der Waals surface area contributed by atoms with Crippen molar-refractivity contribution in [2.75, 3.05) is 13.2 Å². The molecule has 0 N–H and O–H groups in total. The summed E-state index contributed by atoms with van der Waals surface area (Å²) in [6, 6.07) is 0. The Morgan fingerprint density at radius 1 is 0.282 bits per heavy atom. The molecule has 408 valence electrons. The maximum absolute atomic E-state index is 12.8. The number of carbonyl (C=O) groups is 3. The first-order valence-corrected chi connectivity index (χ1v) is 30.1. The van der Waals surface area contributed by atoms with Gasteiger partial charge in [0, 0.05) is 19.3 Å². The van der Waals surface area contributed by atoms with Crippen molar-refractivity contribution in [1.82, 2.24) is 0 Å². The molecule has 1 atom stereocenters. The molecule has 0 heterocycles. The summed E-state index contributed by atoms with van der Waals surface area (Å²) < 4.78 is 16.8. The highest BCUT2D eigenvalue weighted by molar-refractivity contribution is 5.71. The van der Waals surface area contributed by atoms with Gasteiger partial charge >= 0.3 is 17.9 Å². The largest absolute Gasteiger partial charge is 0.462 e. The summed E-state index contributed by atoms with van der Waals surface area (Å²) in [4.78, 5) is 38.2. The second-order valence-corrected chi connectivity index (χ2v) is 19.9. The van der Waals surface area contributed by atoms with Crippen molar-refractivity contribution in [3.05, 3.63) is 85.1 Å². The minimum absolute atomic E-state index is 0.106. The van der Waals surface area contributed by atoms with Gasteiger partial charge in [-0.1, -0.05) is 266 Å². The van der Waals surface area contributed by atoms with Crippen molar-refractivity contribution < 1.29 is 28.6 Å². The number of rotatable bonds is 54. The molecule has 0 saturated carbocycles. The number of ether oxygens (including phenoxy) is 3. The van der Waals surface area contributed by atoms with Crippen LogP contribution < -0.4 is 0 Å². The van der Waals surface area contributed by atoms with Gasteiger partial charge in [0.1, 0.15) is 13.2 Å². The Balaban J connectivity index is 4.49. The van der Waals surface area contributed by atoms with E-state index in [1.807, 2.05) is 6.08 Å². The van der Waals surface area contributed by atoms with E-state index in [4.69, 9.17) is 14.2 Å². The summed E-state index contributed by atoms with van der Waals surface area (Å²) >= 11 is 0. The highest BCUT2D eigenvalue weighted by atomic mass is 16.6. The molecule has 6 nitrogen and oxygen atoms in total. The van der Waals surface area contributed by atoms with Crippen LogP contribution >= 0.6 is 0 Å². The van der Waals surface area contributed by atoms with Gasteiger partial charge in [-0.15, -0.1) is 0 Å². The third kappa shape index (κ3) is 57.4. The lowest BCUT2D eigenvalue weighted by Gasteiger charge is -2.18. The van der Waals surface area contributed by atoms with Crippen LogP contribution in [0.4, 0.5) is 0 Å². The number of unbranched alkanes of at least 4 members (excludes halogenated alkanes) is 29. The quantitative estimate of drug-likeness (QED) is 0.0261. The molecular formula is C65H112O6. The minimum atomic E-state index is -0.819. The molecule has 0 aromatic rings. The van der Waals surface area contributed by atoms with Crippen LogP contribution in [-0.2, 0) is 28.6 Å². The smallest absolute Gasteiger partial charge is 0.306 e. The molecule has 0 aliphatic rings. The van der Waals surface area contributed by atoms with Crippen molar-refractivity contribution in [2.45, 2.75) is 297 Å². The van der Waals surface area contributed by atoms with Gasteiger partial charge in [-0.2, -0.15) is 0 Å². The van der Waals surface area contributed by atoms with E-state index >= 15 is 0 Å². The Labute approximate surface area is 439 Å². The number of hydrogen-bond donors (Lipinski definition) is 0. The Morgan fingerprint density at radius 2 is 0.535 bits per heavy atom. The first-order valence-electron chi connectivity index (χ1n) is 30.1. The van der Waals surface area contributed by atoms with Crippen molar-refractivity contribution in [3.63, 3.8) is 0 Å². The molecule has 0 spiro atoms. The lowest BCUT2D eigenvalue weighted by atomic mass is 10.0. The van der Waals surface area contributed by atoms with Crippen molar-refractivity contribution >= 4 is 17.9 Å². The molecule has 0 aliphatic heterocycles. The monoisotopic (exact) mass is 989 g/mol. The van der Waals surface area contributed by atoms with E-state index in [0.29, 0.717) is 19.3 Å². The molecule has 0 aromatic carbocycles. The van der Waals surface area contributed by atoms with Crippen LogP contribution in [0.15, 0.2) is 85.1 Å². The molecule has 0 fully saturated rings. The molecule has 0 radical (unpaired) electrons. The van der Waals surface area contributed by atoms with Crippen LogP contribution in [0.3, 0.4) is 0 Å². The van der Waals surface area contributed by atoms with E-state index in [1.54, 1.807) is 0 Å². The first kappa shape index (κ1) is 67.6. The summed E-state index contributed by atoms with van der Waals surface area (Å²) in [5, 5.41) is 0. The maximum atomic E-state index is 12.8. The Bertz CT molecular complexity index is 1370. The number of hydrogen-bond acceptors (Lipinski definition) is 6. The zero-order valence-corrected chi connectivity index (χ0v) is 46.7. The fourth-order valence-corrected chi connectivity index (χ4v) is 8.34. The van der Waals surface area contributed by atoms with Gasteiger partial charge in [-0.05, 0) is 89.9 Å². The van der Waals surface area contributed by atoms with Gasteiger partial charge in [0.15, 0.2) is 6.10 Å². The lowest BCUT2D eigenvalue weighted by Crippen LogP contribution is -2.30. The van der Waals surface area contributed by atoms with E-state index in [2.05, 4.69) is 99.8 Å². The van der Waals surface area contributed by atoms with Crippen LogP contribution in [-0.4, -0.2) is 37.2 Å². The highest BCUT2D eigenvalue weighted by Crippen LogP contribution is 2.16. The Hall–Kier alpha value is -3.41. The third-order valence-corrected chi connectivity index (χ3v) is 12.9. The summed E-state index contributed by atoms with van der Waals surface area (Å²) in [6.07, 6.45) is 77.3. The maximum Gasteiger partial charge on any atom is 0.306 e. The SMILES string of the molecule is CCCCC/C=C\C/C=C\C/C=C\C/C=C\C/C=C\CCC(=O)O[C@H](COC(=O)CCCCCCCCC/C=C\C/C=C\CCCCC)COC(=O)CCCCCCCCCCCCCCCCCCC. The van der Waals surface area contributed by atoms with Crippen molar-refractivity contribution in [1.29, 1.82) is 0 Å². The molecular weight excluding hydrogens is 877 g/mol. The van der Waals surface area contributed by atoms with Crippen LogP contribution in [0.25, 0.3) is 0 Å². The fourth-order valence-electron chi connectivity index (χ4n) is 8.34. The van der Waals surface area contributed by atoms with Crippen LogP contribution in [0, 0.1) is 0 Å². The van der Waals surface area contributed by atoms with Crippen LogP contribution in [0.1, 0.15) is 290 Å². The fraction of sp³-hybridized carbons (Fsp3) is 0.738. The summed E-state index contributed by atoms with van der Waals surface area (Å²) in [5.41, 5.74) is 0. The van der Waals surface area contributed by atoms with Gasteiger partial charge < -0.3 is 14.2 Å². The van der Waals surface area contributed by atoms with Crippen LogP contribution in [0.2, 0.25) is 0 Å². The topological polar surface area (TPSA) is 78.9 Å². The number of esters is 3. The van der Waals surface area contributed by atoms with Gasteiger partial charge in [0.25, 0.3) is 0 Å². The van der Waals surface area contributed by atoms with E-state index in [0.717, 1.165) is 77.0 Å². The van der Waals surface area contributed by atoms with E-state index in [-0.39, 0.29) is 37.5 Å². The molecule has 0 amide bonds. The molecule has 0 rings (SSSR count). The number of allylic oxidation sites excluding steroid dienone is 14. The minimum Gasteiger partial charge on any atom is -0.462 e. The second kappa shape index (κ2) is 59.2.